The summed E-state index contributed by atoms with van der Waals surface area (Å²) in [5.74, 6) is 0.242. The van der Waals surface area contributed by atoms with Crippen LogP contribution in [0.2, 0.25) is 0 Å². The second-order valence-corrected chi connectivity index (χ2v) is 8.26. The molecule has 0 unspecified atom stereocenters. The molecule has 8 heteroatoms. The van der Waals surface area contributed by atoms with E-state index in [-0.39, 0.29) is 30.8 Å². The molecule has 0 bridgehead atoms. The molecular weight excluding hydrogens is 434 g/mol. The number of Topliss-reactive ketones (excluding diaryl/α,β-unsaturated/α-hetero) is 1. The molecule has 0 spiro atoms. The van der Waals surface area contributed by atoms with Crippen molar-refractivity contribution in [2.45, 2.75) is 33.7 Å². The van der Waals surface area contributed by atoms with Gasteiger partial charge in [0.1, 0.15) is 17.5 Å². The number of carbonyl (C=O) groups excluding carboxylic acids is 3. The van der Waals surface area contributed by atoms with Gasteiger partial charge >= 0.3 is 0 Å². The number of nitrogens with zero attached hydrogens (tertiary/aromatic N) is 2. The first-order valence-corrected chi connectivity index (χ1v) is 11.7. The third kappa shape index (κ3) is 6.14. The maximum Gasteiger partial charge on any atom is 0.265 e. The Labute approximate surface area is 200 Å². The molecule has 0 aromatic heterocycles. The number of hydrogen-bond acceptors (Lipinski definition) is 6. The molecule has 1 aliphatic heterocycles. The van der Waals surface area contributed by atoms with E-state index in [1.807, 2.05) is 25.1 Å². The number of benzene rings is 2. The van der Waals surface area contributed by atoms with Crippen molar-refractivity contribution in [3.05, 3.63) is 53.6 Å². The maximum atomic E-state index is 12.8. The number of anilines is 1. The zero-order valence-corrected chi connectivity index (χ0v) is 20.3. The van der Waals surface area contributed by atoms with Gasteiger partial charge in [0.05, 0.1) is 5.69 Å². The minimum Gasteiger partial charge on any atom is -0.485 e. The fraction of sp³-hybridized carbons (Fsp3) is 0.423. The summed E-state index contributed by atoms with van der Waals surface area (Å²) in [7, 11) is 0. The largest absolute Gasteiger partial charge is 0.485 e. The third-order valence-electron chi connectivity index (χ3n) is 5.91. The van der Waals surface area contributed by atoms with Crippen molar-refractivity contribution in [2.75, 3.05) is 44.3 Å². The van der Waals surface area contributed by atoms with E-state index in [1.165, 1.54) is 4.90 Å². The van der Waals surface area contributed by atoms with E-state index in [2.05, 4.69) is 24.1 Å². The molecule has 2 amide bonds. The molecule has 0 fully saturated rings. The van der Waals surface area contributed by atoms with Gasteiger partial charge in [-0.15, -0.1) is 0 Å². The summed E-state index contributed by atoms with van der Waals surface area (Å²) < 4.78 is 11.2. The van der Waals surface area contributed by atoms with Crippen molar-refractivity contribution in [3.63, 3.8) is 0 Å². The van der Waals surface area contributed by atoms with E-state index in [1.54, 1.807) is 31.2 Å². The lowest BCUT2D eigenvalue weighted by Gasteiger charge is -2.33. The van der Waals surface area contributed by atoms with Crippen molar-refractivity contribution < 1.29 is 23.9 Å². The van der Waals surface area contributed by atoms with Gasteiger partial charge in [-0.05, 0) is 62.8 Å². The quantitative estimate of drug-likeness (QED) is 0.512. The Morgan fingerprint density at radius 3 is 2.65 bits per heavy atom. The molecule has 8 nitrogen and oxygen atoms in total. The highest BCUT2D eigenvalue weighted by Crippen LogP contribution is 2.34. The van der Waals surface area contributed by atoms with E-state index < -0.39 is 6.04 Å². The highest BCUT2D eigenvalue weighted by molar-refractivity contribution is 6.05. The number of fused-ring (bicyclic) bond motifs is 1. The summed E-state index contributed by atoms with van der Waals surface area (Å²) in [6, 6.07) is 11.6. The lowest BCUT2D eigenvalue weighted by atomic mass is 10.1. The van der Waals surface area contributed by atoms with E-state index in [0.717, 1.165) is 25.2 Å². The Balaban J connectivity index is 1.71. The Hall–Kier alpha value is -3.39. The lowest BCUT2D eigenvalue weighted by Crippen LogP contribution is -2.52. The van der Waals surface area contributed by atoms with E-state index in [4.69, 9.17) is 9.47 Å². The monoisotopic (exact) mass is 467 g/mol. The number of ketones is 1. The van der Waals surface area contributed by atoms with Crippen molar-refractivity contribution in [1.29, 1.82) is 0 Å². The first kappa shape index (κ1) is 25.2. The lowest BCUT2D eigenvalue weighted by molar-refractivity contribution is -0.127. The van der Waals surface area contributed by atoms with Gasteiger partial charge in [-0.2, -0.15) is 0 Å². The first-order valence-electron chi connectivity index (χ1n) is 11.7. The molecule has 0 radical (unpaired) electrons. The van der Waals surface area contributed by atoms with Crippen LogP contribution in [0.25, 0.3) is 0 Å². The van der Waals surface area contributed by atoms with Gasteiger partial charge in [-0.3, -0.25) is 19.3 Å². The summed E-state index contributed by atoms with van der Waals surface area (Å²) in [5, 5.41) is 2.91. The van der Waals surface area contributed by atoms with Gasteiger partial charge in [0.25, 0.3) is 5.91 Å². The zero-order valence-electron chi connectivity index (χ0n) is 20.3. The zero-order chi connectivity index (χ0) is 24.7. The molecule has 0 aliphatic carbocycles. The SMILES string of the molecule is CCN(CC)CCNC(=O)[C@@H](C)N1C(=O)COc2ccc(C(=O)COc3cccc(C)c3)cc21. The smallest absolute Gasteiger partial charge is 0.265 e. The second-order valence-electron chi connectivity index (χ2n) is 8.26. The van der Waals surface area contributed by atoms with Gasteiger partial charge in [-0.1, -0.05) is 26.0 Å². The Bertz CT molecular complexity index is 1030. The number of rotatable bonds is 11. The number of carbonyl (C=O) groups is 3. The van der Waals surface area contributed by atoms with Crippen molar-refractivity contribution in [2.24, 2.45) is 0 Å². The summed E-state index contributed by atoms with van der Waals surface area (Å²) in [4.78, 5) is 41.9. The average molecular weight is 468 g/mol. The molecule has 0 saturated heterocycles. The van der Waals surface area contributed by atoms with E-state index in [0.29, 0.717) is 29.3 Å². The molecule has 182 valence electrons. The van der Waals surface area contributed by atoms with Crippen LogP contribution in [0.1, 0.15) is 36.7 Å². The van der Waals surface area contributed by atoms with Crippen LogP contribution >= 0.6 is 0 Å². The highest BCUT2D eigenvalue weighted by Gasteiger charge is 2.33. The van der Waals surface area contributed by atoms with Crippen LogP contribution in [0.3, 0.4) is 0 Å². The number of nitrogens with one attached hydrogen (secondary N) is 1. The van der Waals surface area contributed by atoms with Crippen LogP contribution in [0.15, 0.2) is 42.5 Å². The predicted molar refractivity (Wildman–Crippen MR) is 131 cm³/mol. The third-order valence-corrected chi connectivity index (χ3v) is 5.91. The van der Waals surface area contributed by atoms with Gasteiger partial charge in [0.2, 0.25) is 5.91 Å². The standard InChI is InChI=1S/C26H33N3O5/c1-5-28(6-2)13-12-27-26(32)19(4)29-22-15-20(10-11-24(22)34-17-25(29)31)23(30)16-33-21-9-7-8-18(3)14-21/h7-11,14-15,19H,5-6,12-13,16-17H2,1-4H3,(H,27,32)/t19-/m1/s1. The van der Waals surface area contributed by atoms with Crippen LogP contribution in [0.5, 0.6) is 11.5 Å². The molecule has 34 heavy (non-hydrogen) atoms. The molecule has 1 aliphatic rings. The van der Waals surface area contributed by atoms with Crippen LogP contribution in [0.4, 0.5) is 5.69 Å². The first-order chi connectivity index (χ1) is 16.3. The molecule has 0 saturated carbocycles. The number of amides is 2. The summed E-state index contributed by atoms with van der Waals surface area (Å²) in [5.41, 5.74) is 1.82. The van der Waals surface area contributed by atoms with Gasteiger partial charge in [-0.25, -0.2) is 0 Å². The Kier molecular flexibility index (Phi) is 8.65. The van der Waals surface area contributed by atoms with Gasteiger partial charge < -0.3 is 19.7 Å². The predicted octanol–water partition coefficient (Wildman–Crippen LogP) is 2.83. The van der Waals surface area contributed by atoms with E-state index >= 15 is 0 Å². The molecule has 3 rings (SSSR count). The maximum absolute atomic E-state index is 12.8. The second kappa shape index (κ2) is 11.7. The number of aryl methyl sites for hydroxylation is 1. The molecule has 1 atom stereocenters. The van der Waals surface area contributed by atoms with Crippen LogP contribution in [-0.4, -0.2) is 67.9 Å². The van der Waals surface area contributed by atoms with Gasteiger partial charge in [0, 0.05) is 18.7 Å². The van der Waals surface area contributed by atoms with Crippen molar-refractivity contribution in [3.8, 4) is 11.5 Å². The van der Waals surface area contributed by atoms with E-state index in [9.17, 15) is 14.4 Å². The molecular formula is C26H33N3O5. The summed E-state index contributed by atoms with van der Waals surface area (Å²) in [6.45, 7) is 10.5. The molecule has 1 N–H and O–H groups in total. The van der Waals surface area contributed by atoms with Crippen molar-refractivity contribution >= 4 is 23.3 Å². The topological polar surface area (TPSA) is 88.2 Å². The summed E-state index contributed by atoms with van der Waals surface area (Å²) >= 11 is 0. The van der Waals surface area contributed by atoms with Gasteiger partial charge in [0.15, 0.2) is 19.0 Å². The average Bonchev–Trinajstić information content (AvgIpc) is 2.84. The number of hydrogen-bond donors (Lipinski definition) is 1. The van der Waals surface area contributed by atoms with Crippen molar-refractivity contribution in [1.82, 2.24) is 10.2 Å². The Morgan fingerprint density at radius 1 is 1.18 bits per heavy atom. The minimum atomic E-state index is -0.749. The summed E-state index contributed by atoms with van der Waals surface area (Å²) in [6.07, 6.45) is 0. The number of ether oxygens (including phenoxy) is 2. The molecule has 2 aromatic rings. The highest BCUT2D eigenvalue weighted by atomic mass is 16.5. The molecule has 1 heterocycles. The fourth-order valence-corrected chi connectivity index (χ4v) is 3.85. The van der Waals surface area contributed by atoms with Crippen LogP contribution in [-0.2, 0) is 9.59 Å². The normalized spacial score (nSPS) is 13.8. The van der Waals surface area contributed by atoms with Crippen LogP contribution in [0, 0.1) is 6.92 Å². The Morgan fingerprint density at radius 2 is 1.94 bits per heavy atom. The van der Waals surface area contributed by atoms with Crippen LogP contribution < -0.4 is 19.7 Å². The number of likely N-dealkylation sites (N-methyl/N-ethyl adjacent to an activating group) is 1. The molecule has 2 aromatic carbocycles. The minimum absolute atomic E-state index is 0.140. The fourth-order valence-electron chi connectivity index (χ4n) is 3.85.